The lowest BCUT2D eigenvalue weighted by molar-refractivity contribution is 0.0527. The molecule has 1 N–H and O–H groups in total. The van der Waals surface area contributed by atoms with Crippen LogP contribution in [-0.2, 0) is 4.74 Å². The Hall–Kier alpha value is -0.250. The van der Waals surface area contributed by atoms with Crippen molar-refractivity contribution in [1.82, 2.24) is 5.32 Å². The minimum absolute atomic E-state index is 0.157. The van der Waals surface area contributed by atoms with Crippen molar-refractivity contribution in [3.05, 3.63) is 0 Å². The quantitative estimate of drug-likeness (QED) is 0.764. The van der Waals surface area contributed by atoms with Crippen molar-refractivity contribution >= 4 is 22.0 Å². The first-order valence-corrected chi connectivity index (χ1v) is 5.26. The van der Waals surface area contributed by atoms with Crippen LogP contribution in [0.25, 0.3) is 0 Å². The number of alkyl halides is 1. The van der Waals surface area contributed by atoms with E-state index in [4.69, 9.17) is 4.74 Å². The number of ether oxygens (including phenoxy) is 1. The summed E-state index contributed by atoms with van der Waals surface area (Å²) in [6.07, 6.45) is 1.92. The third kappa shape index (κ3) is 4.50. The molecule has 1 aliphatic carbocycles. The molecule has 0 aromatic rings. The van der Waals surface area contributed by atoms with Gasteiger partial charge >= 0.3 is 6.09 Å². The first-order valence-electron chi connectivity index (χ1n) is 4.47. The van der Waals surface area contributed by atoms with Crippen LogP contribution in [0.4, 0.5) is 4.79 Å². The van der Waals surface area contributed by atoms with E-state index in [2.05, 4.69) is 21.2 Å². The van der Waals surface area contributed by atoms with Crippen molar-refractivity contribution in [2.45, 2.75) is 43.5 Å². The molecule has 1 rings (SSSR count). The standard InChI is InChI=1S/C9H16BrNO2/c1-8(2,3)13-7(12)11-6-9(10)4-5-9/h4-6H2,1-3H3,(H,11,12). The molecule has 76 valence electrons. The molecule has 0 aromatic heterocycles. The molecular formula is C9H16BrNO2. The van der Waals surface area contributed by atoms with Gasteiger partial charge in [0, 0.05) is 10.9 Å². The number of carbonyl (C=O) groups is 1. The van der Waals surface area contributed by atoms with Crippen molar-refractivity contribution in [3.8, 4) is 0 Å². The van der Waals surface area contributed by atoms with Crippen LogP contribution in [0.1, 0.15) is 33.6 Å². The summed E-state index contributed by atoms with van der Waals surface area (Å²) < 4.78 is 5.25. The van der Waals surface area contributed by atoms with Crippen LogP contribution >= 0.6 is 15.9 Å². The highest BCUT2D eigenvalue weighted by Crippen LogP contribution is 2.43. The van der Waals surface area contributed by atoms with E-state index in [1.54, 1.807) is 0 Å². The largest absolute Gasteiger partial charge is 0.444 e. The fourth-order valence-electron chi connectivity index (χ4n) is 0.857. The second-order valence-corrected chi connectivity index (χ2v) is 6.19. The zero-order chi connectivity index (χ0) is 10.1. The molecule has 0 heterocycles. The summed E-state index contributed by atoms with van der Waals surface area (Å²) >= 11 is 3.53. The monoisotopic (exact) mass is 249 g/mol. The summed E-state index contributed by atoms with van der Waals surface area (Å²) in [5, 5.41) is 2.73. The SMILES string of the molecule is CC(C)(C)OC(=O)NCC1(Br)CC1. The van der Waals surface area contributed by atoms with Gasteiger partial charge in [-0.2, -0.15) is 0 Å². The van der Waals surface area contributed by atoms with Crippen molar-refractivity contribution in [2.24, 2.45) is 0 Å². The van der Waals surface area contributed by atoms with Crippen LogP contribution in [0.2, 0.25) is 0 Å². The van der Waals surface area contributed by atoms with Gasteiger partial charge in [0.1, 0.15) is 5.60 Å². The molecule has 0 aromatic carbocycles. The van der Waals surface area contributed by atoms with E-state index in [0.717, 1.165) is 12.8 Å². The van der Waals surface area contributed by atoms with Crippen molar-refractivity contribution in [3.63, 3.8) is 0 Å². The molecule has 1 aliphatic rings. The normalized spacial score (nSPS) is 19.4. The van der Waals surface area contributed by atoms with Crippen molar-refractivity contribution < 1.29 is 9.53 Å². The Balaban J connectivity index is 2.18. The highest BCUT2D eigenvalue weighted by Gasteiger charge is 2.40. The van der Waals surface area contributed by atoms with Crippen LogP contribution in [0.5, 0.6) is 0 Å². The van der Waals surface area contributed by atoms with Gasteiger partial charge in [-0.3, -0.25) is 0 Å². The van der Waals surface area contributed by atoms with Crippen molar-refractivity contribution in [2.75, 3.05) is 6.54 Å². The fourth-order valence-corrected chi connectivity index (χ4v) is 1.20. The molecule has 0 atom stereocenters. The predicted octanol–water partition coefficient (Wildman–Crippen LogP) is 2.44. The summed E-state index contributed by atoms with van der Waals surface area (Å²) in [5.74, 6) is 0. The minimum atomic E-state index is -0.410. The third-order valence-corrected chi connectivity index (χ3v) is 2.81. The smallest absolute Gasteiger partial charge is 0.407 e. The van der Waals surface area contributed by atoms with E-state index in [9.17, 15) is 4.79 Å². The van der Waals surface area contributed by atoms with Crippen LogP contribution in [0.15, 0.2) is 0 Å². The maximum atomic E-state index is 11.2. The van der Waals surface area contributed by atoms with Gasteiger partial charge in [0.2, 0.25) is 0 Å². The van der Waals surface area contributed by atoms with E-state index < -0.39 is 5.60 Å². The molecule has 0 bridgehead atoms. The van der Waals surface area contributed by atoms with Crippen molar-refractivity contribution in [1.29, 1.82) is 0 Å². The second kappa shape index (κ2) is 3.48. The number of carbonyl (C=O) groups excluding carboxylic acids is 1. The molecule has 3 nitrogen and oxygen atoms in total. The van der Waals surface area contributed by atoms with Gasteiger partial charge in [-0.1, -0.05) is 15.9 Å². The van der Waals surface area contributed by atoms with Gasteiger partial charge in [0.25, 0.3) is 0 Å². The molecule has 4 heteroatoms. The first kappa shape index (κ1) is 10.8. The van der Waals surface area contributed by atoms with E-state index in [-0.39, 0.29) is 10.4 Å². The molecule has 0 spiro atoms. The van der Waals surface area contributed by atoms with Gasteiger partial charge in [-0.15, -0.1) is 0 Å². The van der Waals surface area contributed by atoms with Gasteiger partial charge in [0.15, 0.2) is 0 Å². The number of nitrogens with one attached hydrogen (secondary N) is 1. The Morgan fingerprint density at radius 3 is 2.46 bits per heavy atom. The summed E-state index contributed by atoms with van der Waals surface area (Å²) in [6.45, 7) is 6.22. The molecule has 0 saturated heterocycles. The van der Waals surface area contributed by atoms with E-state index in [0.29, 0.717) is 6.54 Å². The number of rotatable bonds is 2. The Kier molecular flexibility index (Phi) is 2.90. The Bertz CT molecular complexity index is 206. The van der Waals surface area contributed by atoms with Gasteiger partial charge in [-0.05, 0) is 33.6 Å². The van der Waals surface area contributed by atoms with Gasteiger partial charge in [-0.25, -0.2) is 4.79 Å². The number of halogens is 1. The molecule has 0 aliphatic heterocycles. The van der Waals surface area contributed by atoms with E-state index >= 15 is 0 Å². The predicted molar refractivity (Wildman–Crippen MR) is 55.1 cm³/mol. The number of amides is 1. The lowest BCUT2D eigenvalue weighted by atomic mass is 10.2. The number of hydrogen-bond donors (Lipinski definition) is 1. The summed E-state index contributed by atoms with van der Waals surface area (Å²) in [6, 6.07) is 0. The number of hydrogen-bond acceptors (Lipinski definition) is 2. The Morgan fingerprint density at radius 1 is 1.54 bits per heavy atom. The topological polar surface area (TPSA) is 38.3 Å². The molecule has 0 radical (unpaired) electrons. The second-order valence-electron chi connectivity index (χ2n) is 4.51. The van der Waals surface area contributed by atoms with Gasteiger partial charge < -0.3 is 10.1 Å². The highest BCUT2D eigenvalue weighted by atomic mass is 79.9. The maximum absolute atomic E-state index is 11.2. The first-order chi connectivity index (χ1) is 5.81. The fraction of sp³-hybridized carbons (Fsp3) is 0.889. The molecule has 1 fully saturated rings. The van der Waals surface area contributed by atoms with E-state index in [1.807, 2.05) is 20.8 Å². The minimum Gasteiger partial charge on any atom is -0.444 e. The molecule has 0 unspecified atom stereocenters. The zero-order valence-corrected chi connectivity index (χ0v) is 9.90. The lowest BCUT2D eigenvalue weighted by Gasteiger charge is -2.20. The summed E-state index contributed by atoms with van der Waals surface area (Å²) in [7, 11) is 0. The Labute approximate surface area is 87.3 Å². The zero-order valence-electron chi connectivity index (χ0n) is 8.32. The molecular weight excluding hydrogens is 234 g/mol. The van der Waals surface area contributed by atoms with E-state index in [1.165, 1.54) is 0 Å². The average Bonchev–Trinajstić information content (AvgIpc) is 2.62. The average molecular weight is 250 g/mol. The van der Waals surface area contributed by atoms with Crippen LogP contribution in [-0.4, -0.2) is 22.6 Å². The Morgan fingerprint density at radius 2 is 2.08 bits per heavy atom. The molecule has 1 amide bonds. The van der Waals surface area contributed by atoms with Crippen LogP contribution in [0.3, 0.4) is 0 Å². The number of alkyl carbamates (subject to hydrolysis) is 1. The van der Waals surface area contributed by atoms with Crippen LogP contribution in [0, 0.1) is 0 Å². The highest BCUT2D eigenvalue weighted by molar-refractivity contribution is 9.10. The summed E-state index contributed by atoms with van der Waals surface area (Å²) in [5.41, 5.74) is -0.410. The lowest BCUT2D eigenvalue weighted by Crippen LogP contribution is -2.36. The summed E-state index contributed by atoms with van der Waals surface area (Å²) in [4.78, 5) is 11.2. The van der Waals surface area contributed by atoms with Gasteiger partial charge in [0.05, 0.1) is 0 Å². The molecule has 1 saturated carbocycles. The molecule has 13 heavy (non-hydrogen) atoms. The maximum Gasteiger partial charge on any atom is 0.407 e. The van der Waals surface area contributed by atoms with Crippen LogP contribution < -0.4 is 5.32 Å². The third-order valence-electron chi connectivity index (χ3n) is 1.74.